The molecule has 0 spiro atoms. The van der Waals surface area contributed by atoms with E-state index in [1.54, 1.807) is 18.2 Å². The van der Waals surface area contributed by atoms with Crippen LogP contribution in [0.25, 0.3) is 0 Å². The Labute approximate surface area is 165 Å². The van der Waals surface area contributed by atoms with E-state index in [1.807, 2.05) is 0 Å². The van der Waals surface area contributed by atoms with Gasteiger partial charge in [0.05, 0.1) is 31.5 Å². The molecule has 0 unspecified atom stereocenters. The maximum Gasteiger partial charge on any atom is 0.354 e. The van der Waals surface area contributed by atoms with E-state index < -0.39 is 23.7 Å². The van der Waals surface area contributed by atoms with Gasteiger partial charge in [0.2, 0.25) is 0 Å². The Balaban J connectivity index is 2.35. The van der Waals surface area contributed by atoms with E-state index in [0.717, 1.165) is 20.3 Å². The van der Waals surface area contributed by atoms with Crippen LogP contribution in [0.5, 0.6) is 11.5 Å². The van der Waals surface area contributed by atoms with Gasteiger partial charge in [-0.15, -0.1) is 0 Å². The van der Waals surface area contributed by atoms with Crippen LogP contribution in [-0.4, -0.2) is 37.2 Å². The fourth-order valence-corrected chi connectivity index (χ4v) is 2.27. The van der Waals surface area contributed by atoms with Crippen molar-refractivity contribution < 1.29 is 33.7 Å². The summed E-state index contributed by atoms with van der Waals surface area (Å²) in [7, 11) is 2.24. The van der Waals surface area contributed by atoms with Crippen LogP contribution in [0.4, 0.5) is 5.69 Å². The molecule has 0 amide bonds. The van der Waals surface area contributed by atoms with Crippen LogP contribution in [0.2, 0.25) is 5.02 Å². The van der Waals surface area contributed by atoms with Gasteiger partial charge in [0.15, 0.2) is 11.5 Å². The first-order valence-corrected chi connectivity index (χ1v) is 8.18. The van der Waals surface area contributed by atoms with Gasteiger partial charge in [-0.25, -0.2) is 14.4 Å². The number of phenols is 1. The van der Waals surface area contributed by atoms with Gasteiger partial charge < -0.3 is 24.6 Å². The van der Waals surface area contributed by atoms with Gasteiger partial charge in [0.25, 0.3) is 0 Å². The Morgan fingerprint density at radius 3 is 2.36 bits per heavy atom. The van der Waals surface area contributed by atoms with Crippen molar-refractivity contribution in [2.45, 2.75) is 0 Å². The van der Waals surface area contributed by atoms with Gasteiger partial charge in [-0.1, -0.05) is 29.8 Å². The lowest BCUT2D eigenvalue weighted by Crippen LogP contribution is -2.16. The molecule has 0 fully saturated rings. The number of esters is 3. The highest BCUT2D eigenvalue weighted by molar-refractivity contribution is 6.31. The molecule has 0 saturated heterocycles. The van der Waals surface area contributed by atoms with E-state index in [9.17, 15) is 19.5 Å². The second-order valence-corrected chi connectivity index (χ2v) is 5.69. The molecule has 28 heavy (non-hydrogen) atoms. The van der Waals surface area contributed by atoms with E-state index >= 15 is 0 Å². The molecule has 0 aliphatic rings. The molecule has 9 heteroatoms. The fourth-order valence-electron chi connectivity index (χ4n) is 2.06. The SMILES string of the molecule is COC(=O)/C=C(/Nc1cc(Cl)cc(OC(=O)c2ccccc2)c1O)C(=O)OC. The van der Waals surface area contributed by atoms with Crippen molar-refractivity contribution in [3.05, 3.63) is 64.8 Å². The van der Waals surface area contributed by atoms with Crippen LogP contribution in [0, 0.1) is 0 Å². The quantitative estimate of drug-likeness (QED) is 0.326. The molecule has 2 aromatic carbocycles. The molecule has 0 saturated carbocycles. The monoisotopic (exact) mass is 405 g/mol. The molecule has 0 radical (unpaired) electrons. The highest BCUT2D eigenvalue weighted by atomic mass is 35.5. The van der Waals surface area contributed by atoms with Gasteiger partial charge in [-0.2, -0.15) is 0 Å². The number of anilines is 1. The van der Waals surface area contributed by atoms with E-state index in [0.29, 0.717) is 0 Å². The zero-order valence-corrected chi connectivity index (χ0v) is 15.6. The summed E-state index contributed by atoms with van der Waals surface area (Å²) < 4.78 is 14.2. The number of carbonyl (C=O) groups excluding carboxylic acids is 3. The molecule has 0 atom stereocenters. The summed E-state index contributed by atoms with van der Waals surface area (Å²) in [5.41, 5.74) is -0.159. The zero-order chi connectivity index (χ0) is 20.7. The van der Waals surface area contributed by atoms with Crippen molar-refractivity contribution in [3.8, 4) is 11.5 Å². The van der Waals surface area contributed by atoms with Crippen molar-refractivity contribution >= 4 is 35.2 Å². The standard InChI is InChI=1S/C19H16ClNO7/c1-26-16(22)10-14(19(25)27-2)21-13-8-12(20)9-15(17(13)23)28-18(24)11-6-4-3-5-7-11/h3-10,21,23H,1-2H3/b14-10+. The van der Waals surface area contributed by atoms with Crippen LogP contribution in [0.1, 0.15) is 10.4 Å². The molecule has 0 aromatic heterocycles. The number of hydrogen-bond acceptors (Lipinski definition) is 8. The Hall–Kier alpha value is -3.52. The number of methoxy groups -OCH3 is 2. The zero-order valence-electron chi connectivity index (χ0n) is 14.9. The predicted molar refractivity (Wildman–Crippen MR) is 100 cm³/mol. The Kier molecular flexibility index (Phi) is 7.00. The number of ether oxygens (including phenoxy) is 3. The van der Waals surface area contributed by atoms with Crippen molar-refractivity contribution in [1.82, 2.24) is 0 Å². The number of carbonyl (C=O) groups is 3. The normalized spacial score (nSPS) is 10.8. The highest BCUT2D eigenvalue weighted by Gasteiger charge is 2.19. The maximum absolute atomic E-state index is 12.2. The van der Waals surface area contributed by atoms with Crippen LogP contribution in [0.15, 0.2) is 54.2 Å². The van der Waals surface area contributed by atoms with E-state index in [4.69, 9.17) is 16.3 Å². The topological polar surface area (TPSA) is 111 Å². The van der Waals surface area contributed by atoms with Crippen LogP contribution >= 0.6 is 11.6 Å². The third kappa shape index (κ3) is 5.24. The molecule has 0 bridgehead atoms. The number of aromatic hydroxyl groups is 1. The number of phenolic OH excluding ortho intramolecular Hbond substituents is 1. The summed E-state index contributed by atoms with van der Waals surface area (Å²) in [5.74, 6) is -3.19. The van der Waals surface area contributed by atoms with Gasteiger partial charge in [0.1, 0.15) is 5.70 Å². The first-order chi connectivity index (χ1) is 13.3. The molecule has 2 rings (SSSR count). The molecule has 0 heterocycles. The molecule has 146 valence electrons. The van der Waals surface area contributed by atoms with Crippen LogP contribution < -0.4 is 10.1 Å². The lowest BCUT2D eigenvalue weighted by molar-refractivity contribution is -0.138. The van der Waals surface area contributed by atoms with Gasteiger partial charge in [-0.05, 0) is 18.2 Å². The van der Waals surface area contributed by atoms with Gasteiger partial charge in [-0.3, -0.25) is 0 Å². The Morgan fingerprint density at radius 2 is 1.75 bits per heavy atom. The number of rotatable bonds is 6. The summed E-state index contributed by atoms with van der Waals surface area (Å²) in [6, 6.07) is 10.6. The average Bonchev–Trinajstić information content (AvgIpc) is 2.70. The Bertz CT molecular complexity index is 925. The predicted octanol–water partition coefficient (Wildman–Crippen LogP) is 2.91. The number of hydrogen-bond donors (Lipinski definition) is 2. The minimum absolute atomic E-state index is 0.0936. The molecular weight excluding hydrogens is 390 g/mol. The minimum Gasteiger partial charge on any atom is -0.503 e. The van der Waals surface area contributed by atoms with Crippen LogP contribution in [-0.2, 0) is 19.1 Å². The van der Waals surface area contributed by atoms with Crippen molar-refractivity contribution in [2.75, 3.05) is 19.5 Å². The molecule has 0 aliphatic heterocycles. The number of benzene rings is 2. The van der Waals surface area contributed by atoms with Crippen molar-refractivity contribution in [1.29, 1.82) is 0 Å². The largest absolute Gasteiger partial charge is 0.503 e. The lowest BCUT2D eigenvalue weighted by Gasteiger charge is -2.14. The smallest absolute Gasteiger partial charge is 0.354 e. The Morgan fingerprint density at radius 1 is 1.07 bits per heavy atom. The average molecular weight is 406 g/mol. The number of nitrogens with one attached hydrogen (secondary N) is 1. The number of halogens is 1. The molecule has 2 aromatic rings. The van der Waals surface area contributed by atoms with Crippen molar-refractivity contribution in [3.63, 3.8) is 0 Å². The summed E-state index contributed by atoms with van der Waals surface area (Å²) in [6.07, 6.45) is 0.835. The molecule has 0 aliphatic carbocycles. The first kappa shape index (κ1) is 20.8. The summed E-state index contributed by atoms with van der Waals surface area (Å²) in [5, 5.41) is 13.0. The lowest BCUT2D eigenvalue weighted by atomic mass is 10.2. The van der Waals surface area contributed by atoms with E-state index in [1.165, 1.54) is 24.3 Å². The summed E-state index contributed by atoms with van der Waals surface area (Å²) in [4.78, 5) is 35.5. The third-order valence-corrected chi connectivity index (χ3v) is 3.61. The maximum atomic E-state index is 12.2. The highest BCUT2D eigenvalue weighted by Crippen LogP contribution is 2.38. The summed E-state index contributed by atoms with van der Waals surface area (Å²) >= 11 is 6.01. The minimum atomic E-state index is -0.896. The first-order valence-electron chi connectivity index (χ1n) is 7.80. The molecular formula is C19H16ClNO7. The second-order valence-electron chi connectivity index (χ2n) is 5.25. The molecule has 8 nitrogen and oxygen atoms in total. The van der Waals surface area contributed by atoms with Gasteiger partial charge in [0, 0.05) is 11.1 Å². The van der Waals surface area contributed by atoms with Gasteiger partial charge >= 0.3 is 17.9 Å². The molecule has 2 N–H and O–H groups in total. The van der Waals surface area contributed by atoms with E-state index in [2.05, 4.69) is 14.8 Å². The van der Waals surface area contributed by atoms with Crippen LogP contribution in [0.3, 0.4) is 0 Å². The second kappa shape index (κ2) is 9.43. The van der Waals surface area contributed by atoms with E-state index in [-0.39, 0.29) is 27.7 Å². The third-order valence-electron chi connectivity index (χ3n) is 3.39. The summed E-state index contributed by atoms with van der Waals surface area (Å²) in [6.45, 7) is 0. The van der Waals surface area contributed by atoms with Crippen molar-refractivity contribution in [2.24, 2.45) is 0 Å². The fraction of sp³-hybridized carbons (Fsp3) is 0.105.